The molecular weight excluding hydrogens is 264 g/mol. The highest BCUT2D eigenvalue weighted by Gasteiger charge is 2.23. The van der Waals surface area contributed by atoms with Gasteiger partial charge in [0.2, 0.25) is 0 Å². The number of piperazine rings is 1. The summed E-state index contributed by atoms with van der Waals surface area (Å²) >= 11 is 0. The SMILES string of the molecule is Cc1cccc(C(=O)CN2CCN(CC(C)(C)O)CC2)c1. The van der Waals surface area contributed by atoms with Gasteiger partial charge in [-0.2, -0.15) is 0 Å². The predicted octanol–water partition coefficient (Wildman–Crippen LogP) is 1.57. The van der Waals surface area contributed by atoms with E-state index in [0.29, 0.717) is 13.1 Å². The van der Waals surface area contributed by atoms with Gasteiger partial charge in [0.15, 0.2) is 5.78 Å². The van der Waals surface area contributed by atoms with Crippen LogP contribution in [-0.2, 0) is 0 Å². The third-order valence-electron chi connectivity index (χ3n) is 3.78. The van der Waals surface area contributed by atoms with E-state index in [-0.39, 0.29) is 5.78 Å². The molecule has 1 aromatic rings. The summed E-state index contributed by atoms with van der Waals surface area (Å²) in [7, 11) is 0. The minimum Gasteiger partial charge on any atom is -0.389 e. The highest BCUT2D eigenvalue weighted by molar-refractivity contribution is 5.97. The van der Waals surface area contributed by atoms with Gasteiger partial charge in [0.1, 0.15) is 0 Å². The zero-order chi connectivity index (χ0) is 15.5. The van der Waals surface area contributed by atoms with Crippen molar-refractivity contribution in [3.8, 4) is 0 Å². The summed E-state index contributed by atoms with van der Waals surface area (Å²) in [5.74, 6) is 0.189. The van der Waals surface area contributed by atoms with Crippen LogP contribution < -0.4 is 0 Å². The summed E-state index contributed by atoms with van der Waals surface area (Å²) in [5, 5.41) is 9.85. The van der Waals surface area contributed by atoms with Gasteiger partial charge >= 0.3 is 0 Å². The molecule has 4 nitrogen and oxygen atoms in total. The molecule has 0 aromatic heterocycles. The van der Waals surface area contributed by atoms with Gasteiger partial charge in [-0.1, -0.05) is 23.8 Å². The molecule has 1 aromatic carbocycles. The minimum absolute atomic E-state index is 0.189. The number of carbonyl (C=O) groups is 1. The van der Waals surface area contributed by atoms with Gasteiger partial charge in [-0.25, -0.2) is 0 Å². The third-order valence-corrected chi connectivity index (χ3v) is 3.78. The molecule has 0 amide bonds. The minimum atomic E-state index is -0.653. The average molecular weight is 290 g/mol. The highest BCUT2D eigenvalue weighted by Crippen LogP contribution is 2.10. The molecule has 1 aliphatic heterocycles. The van der Waals surface area contributed by atoms with Gasteiger partial charge in [-0.3, -0.25) is 14.6 Å². The maximum Gasteiger partial charge on any atom is 0.176 e. The predicted molar refractivity (Wildman–Crippen MR) is 84.7 cm³/mol. The van der Waals surface area contributed by atoms with E-state index in [0.717, 1.165) is 37.3 Å². The molecule has 2 rings (SSSR count). The van der Waals surface area contributed by atoms with Crippen LogP contribution in [0.3, 0.4) is 0 Å². The highest BCUT2D eigenvalue weighted by atomic mass is 16.3. The van der Waals surface area contributed by atoms with Crippen molar-refractivity contribution in [2.24, 2.45) is 0 Å². The lowest BCUT2D eigenvalue weighted by molar-refractivity contribution is 0.0179. The van der Waals surface area contributed by atoms with Crippen LogP contribution in [0, 0.1) is 6.92 Å². The number of hydrogen-bond acceptors (Lipinski definition) is 4. The first-order valence-corrected chi connectivity index (χ1v) is 7.60. The molecule has 0 spiro atoms. The van der Waals surface area contributed by atoms with Crippen molar-refractivity contribution in [2.75, 3.05) is 39.3 Å². The molecule has 4 heteroatoms. The lowest BCUT2D eigenvalue weighted by Gasteiger charge is -2.37. The molecule has 1 N–H and O–H groups in total. The number of aliphatic hydroxyl groups is 1. The Balaban J connectivity index is 1.82. The van der Waals surface area contributed by atoms with Gasteiger partial charge in [0.25, 0.3) is 0 Å². The molecule has 0 saturated carbocycles. The van der Waals surface area contributed by atoms with Crippen molar-refractivity contribution in [3.63, 3.8) is 0 Å². The largest absolute Gasteiger partial charge is 0.389 e. The van der Waals surface area contributed by atoms with E-state index >= 15 is 0 Å². The van der Waals surface area contributed by atoms with Gasteiger partial charge < -0.3 is 5.11 Å². The van der Waals surface area contributed by atoms with E-state index in [9.17, 15) is 9.90 Å². The molecule has 116 valence electrons. The van der Waals surface area contributed by atoms with E-state index in [1.165, 1.54) is 0 Å². The fourth-order valence-corrected chi connectivity index (χ4v) is 2.77. The molecule has 1 fully saturated rings. The Bertz CT molecular complexity index is 486. The number of aryl methyl sites for hydroxylation is 1. The smallest absolute Gasteiger partial charge is 0.176 e. The number of carbonyl (C=O) groups excluding carboxylic acids is 1. The van der Waals surface area contributed by atoms with E-state index in [1.54, 1.807) is 0 Å². The second-order valence-corrected chi connectivity index (χ2v) is 6.66. The Morgan fingerprint density at radius 2 is 1.81 bits per heavy atom. The maximum absolute atomic E-state index is 12.3. The molecule has 1 saturated heterocycles. The fraction of sp³-hybridized carbons (Fsp3) is 0.588. The standard InChI is InChI=1S/C17H26N2O2/c1-14-5-4-6-15(11-14)16(20)12-18-7-9-19(10-8-18)13-17(2,3)21/h4-6,11,21H,7-10,12-13H2,1-3H3. The van der Waals surface area contributed by atoms with Gasteiger partial charge in [0.05, 0.1) is 12.1 Å². The molecular formula is C17H26N2O2. The monoisotopic (exact) mass is 290 g/mol. The van der Waals surface area contributed by atoms with Crippen molar-refractivity contribution in [1.82, 2.24) is 9.80 Å². The number of benzene rings is 1. The first-order chi connectivity index (χ1) is 9.83. The Hall–Kier alpha value is -1.23. The molecule has 1 heterocycles. The summed E-state index contributed by atoms with van der Waals surface area (Å²) in [5.41, 5.74) is 1.27. The fourth-order valence-electron chi connectivity index (χ4n) is 2.77. The second kappa shape index (κ2) is 6.69. The molecule has 0 unspecified atom stereocenters. The van der Waals surface area contributed by atoms with Gasteiger partial charge in [-0.15, -0.1) is 0 Å². The summed E-state index contributed by atoms with van der Waals surface area (Å²) in [6, 6.07) is 7.78. The number of Topliss-reactive ketones (excluding diaryl/α,β-unsaturated/α-hetero) is 1. The van der Waals surface area contributed by atoms with Crippen molar-refractivity contribution >= 4 is 5.78 Å². The third kappa shape index (κ3) is 5.23. The number of rotatable bonds is 5. The quantitative estimate of drug-likeness (QED) is 0.836. The van der Waals surface area contributed by atoms with E-state index in [2.05, 4.69) is 9.80 Å². The first-order valence-electron chi connectivity index (χ1n) is 7.60. The van der Waals surface area contributed by atoms with Crippen LogP contribution >= 0.6 is 0 Å². The summed E-state index contributed by atoms with van der Waals surface area (Å²) < 4.78 is 0. The molecule has 0 aliphatic carbocycles. The van der Waals surface area contributed by atoms with E-state index in [4.69, 9.17) is 0 Å². The van der Waals surface area contributed by atoms with Crippen LogP contribution in [0.5, 0.6) is 0 Å². The van der Waals surface area contributed by atoms with E-state index < -0.39 is 5.60 Å². The number of ketones is 1. The second-order valence-electron chi connectivity index (χ2n) is 6.66. The lowest BCUT2D eigenvalue weighted by Crippen LogP contribution is -2.51. The van der Waals surface area contributed by atoms with Gasteiger partial charge in [-0.05, 0) is 26.8 Å². The first kappa shape index (κ1) is 16.1. The number of β-amino-alcohol motifs (C(OH)–C–C–N with tert-alkyl or cyclic N) is 1. The normalized spacial score (nSPS) is 17.9. The van der Waals surface area contributed by atoms with Gasteiger partial charge in [0, 0.05) is 38.3 Å². The number of hydrogen-bond donors (Lipinski definition) is 1. The molecule has 21 heavy (non-hydrogen) atoms. The molecule has 0 bridgehead atoms. The lowest BCUT2D eigenvalue weighted by atomic mass is 10.1. The Morgan fingerprint density at radius 3 is 2.38 bits per heavy atom. The van der Waals surface area contributed by atoms with Crippen molar-refractivity contribution in [2.45, 2.75) is 26.4 Å². The topological polar surface area (TPSA) is 43.8 Å². The Kier molecular flexibility index (Phi) is 5.14. The Labute approximate surface area is 127 Å². The van der Waals surface area contributed by atoms with E-state index in [1.807, 2.05) is 45.0 Å². The van der Waals surface area contributed by atoms with Crippen molar-refractivity contribution in [3.05, 3.63) is 35.4 Å². The maximum atomic E-state index is 12.3. The van der Waals surface area contributed by atoms with Crippen LogP contribution in [0.15, 0.2) is 24.3 Å². The molecule has 1 aliphatic rings. The zero-order valence-electron chi connectivity index (χ0n) is 13.3. The van der Waals surface area contributed by atoms with Crippen LogP contribution in [0.4, 0.5) is 0 Å². The Morgan fingerprint density at radius 1 is 1.19 bits per heavy atom. The molecule has 0 radical (unpaired) electrons. The summed E-state index contributed by atoms with van der Waals surface area (Å²) in [6.07, 6.45) is 0. The van der Waals surface area contributed by atoms with Crippen LogP contribution in [-0.4, -0.2) is 65.6 Å². The average Bonchev–Trinajstić information content (AvgIpc) is 2.39. The van der Waals surface area contributed by atoms with Crippen LogP contribution in [0.2, 0.25) is 0 Å². The van der Waals surface area contributed by atoms with Crippen molar-refractivity contribution in [1.29, 1.82) is 0 Å². The number of nitrogens with zero attached hydrogens (tertiary/aromatic N) is 2. The summed E-state index contributed by atoms with van der Waals surface area (Å²) in [6.45, 7) is 10.4. The zero-order valence-corrected chi connectivity index (χ0v) is 13.3. The van der Waals surface area contributed by atoms with Crippen LogP contribution in [0.1, 0.15) is 29.8 Å². The van der Waals surface area contributed by atoms with Crippen molar-refractivity contribution < 1.29 is 9.90 Å². The van der Waals surface area contributed by atoms with Crippen LogP contribution in [0.25, 0.3) is 0 Å². The summed E-state index contributed by atoms with van der Waals surface area (Å²) in [4.78, 5) is 16.7. The molecule has 0 atom stereocenters.